The Hall–Kier alpha value is -2.07. The quantitative estimate of drug-likeness (QED) is 0.638. The van der Waals surface area contributed by atoms with Crippen LogP contribution in [0.3, 0.4) is 0 Å². The number of fused-ring (bicyclic) bond motifs is 3. The van der Waals surface area contributed by atoms with Crippen molar-refractivity contribution in [1.29, 1.82) is 0 Å². The van der Waals surface area contributed by atoms with Gasteiger partial charge in [0.15, 0.2) is 5.78 Å². The summed E-state index contributed by atoms with van der Waals surface area (Å²) in [6, 6.07) is 14.3. The average Bonchev–Trinajstić information content (AvgIpc) is 2.90. The molecule has 0 bridgehead atoms. The van der Waals surface area contributed by atoms with Gasteiger partial charge in [0.1, 0.15) is 5.75 Å². The van der Waals surface area contributed by atoms with E-state index in [9.17, 15) is 4.79 Å². The number of Topliss-reactive ketones (excluding diaryl/α,β-unsaturated/α-hetero) is 1. The minimum atomic E-state index is 0.261. The van der Waals surface area contributed by atoms with Crippen LogP contribution in [0.15, 0.2) is 46.9 Å². The first kappa shape index (κ1) is 15.5. The van der Waals surface area contributed by atoms with Crippen molar-refractivity contribution in [3.63, 3.8) is 0 Å². The van der Waals surface area contributed by atoms with E-state index in [4.69, 9.17) is 4.74 Å². The second-order valence-electron chi connectivity index (χ2n) is 6.20. The molecule has 0 atom stereocenters. The zero-order valence-corrected chi connectivity index (χ0v) is 15.1. The maximum atomic E-state index is 12.6. The van der Waals surface area contributed by atoms with Gasteiger partial charge < -0.3 is 9.30 Å². The predicted molar refractivity (Wildman–Crippen MR) is 99.0 cm³/mol. The lowest BCUT2D eigenvalue weighted by Crippen LogP contribution is -2.15. The molecule has 0 amide bonds. The molecule has 0 saturated carbocycles. The first-order valence-corrected chi connectivity index (χ1v) is 8.93. The first-order chi connectivity index (χ1) is 11.7. The van der Waals surface area contributed by atoms with Crippen molar-refractivity contribution in [1.82, 2.24) is 4.57 Å². The van der Waals surface area contributed by atoms with Gasteiger partial charge in [-0.1, -0.05) is 28.1 Å². The van der Waals surface area contributed by atoms with Crippen LogP contribution in [0.2, 0.25) is 0 Å². The third-order valence-corrected chi connectivity index (χ3v) is 5.22. The maximum absolute atomic E-state index is 12.6. The first-order valence-electron chi connectivity index (χ1n) is 8.14. The summed E-state index contributed by atoms with van der Waals surface area (Å²) < 4.78 is 8.46. The third kappa shape index (κ3) is 2.55. The monoisotopic (exact) mass is 383 g/mol. The van der Waals surface area contributed by atoms with Crippen molar-refractivity contribution >= 4 is 32.6 Å². The number of benzene rings is 2. The van der Waals surface area contributed by atoms with Crippen molar-refractivity contribution in [2.75, 3.05) is 7.11 Å². The summed E-state index contributed by atoms with van der Waals surface area (Å²) in [7, 11) is 1.67. The van der Waals surface area contributed by atoms with Gasteiger partial charge in [0.25, 0.3) is 0 Å². The third-order valence-electron chi connectivity index (χ3n) is 4.72. The summed E-state index contributed by atoms with van der Waals surface area (Å²) in [5, 5.41) is 1.20. The molecule has 1 aliphatic carbocycles. The molecule has 3 aromatic rings. The summed E-state index contributed by atoms with van der Waals surface area (Å²) in [5.41, 5.74) is 4.40. The molecule has 0 saturated heterocycles. The number of aromatic nitrogens is 1. The van der Waals surface area contributed by atoms with Crippen LogP contribution < -0.4 is 4.74 Å². The number of hydrogen-bond acceptors (Lipinski definition) is 2. The Morgan fingerprint density at radius 2 is 1.92 bits per heavy atom. The van der Waals surface area contributed by atoms with E-state index in [2.05, 4.69) is 44.8 Å². The lowest BCUT2D eigenvalue weighted by Gasteiger charge is -2.15. The lowest BCUT2D eigenvalue weighted by atomic mass is 9.94. The molecule has 0 radical (unpaired) electrons. The zero-order valence-electron chi connectivity index (χ0n) is 13.5. The Kier molecular flexibility index (Phi) is 3.93. The molecule has 0 fully saturated rings. The minimum Gasteiger partial charge on any atom is -0.497 e. The van der Waals surface area contributed by atoms with Crippen LogP contribution in [0.25, 0.3) is 10.9 Å². The van der Waals surface area contributed by atoms with E-state index in [0.29, 0.717) is 13.0 Å². The minimum absolute atomic E-state index is 0.261. The highest BCUT2D eigenvalue weighted by molar-refractivity contribution is 9.10. The highest BCUT2D eigenvalue weighted by atomic mass is 79.9. The number of ketones is 1. The number of halogens is 1. The average molecular weight is 384 g/mol. The molecule has 1 heterocycles. The number of hydrogen-bond donors (Lipinski definition) is 0. The summed E-state index contributed by atoms with van der Waals surface area (Å²) in [6.07, 6.45) is 2.57. The molecule has 0 spiro atoms. The second-order valence-corrected chi connectivity index (χ2v) is 7.12. The van der Waals surface area contributed by atoms with Crippen LogP contribution in [0.4, 0.5) is 0 Å². The van der Waals surface area contributed by atoms with Gasteiger partial charge in [-0.15, -0.1) is 0 Å². The Balaban J connectivity index is 1.87. The van der Waals surface area contributed by atoms with Crippen molar-refractivity contribution in [3.05, 3.63) is 63.8 Å². The number of aryl methyl sites for hydroxylation is 1. The molecule has 0 N–H and O–H groups in total. The van der Waals surface area contributed by atoms with Crippen LogP contribution in [0.5, 0.6) is 5.75 Å². The Morgan fingerprint density at radius 3 is 2.67 bits per heavy atom. The van der Waals surface area contributed by atoms with Gasteiger partial charge in [0.2, 0.25) is 0 Å². The fraction of sp³-hybridized carbons (Fsp3) is 0.250. The molecule has 4 rings (SSSR count). The van der Waals surface area contributed by atoms with E-state index in [1.807, 2.05) is 18.2 Å². The Bertz CT molecular complexity index is 925. The zero-order chi connectivity index (χ0) is 16.7. The Morgan fingerprint density at radius 1 is 1.12 bits per heavy atom. The number of carbonyl (C=O) groups excluding carboxylic acids is 1. The molecule has 24 heavy (non-hydrogen) atoms. The molecular formula is C20H18BrNO2. The molecule has 1 aliphatic rings. The maximum Gasteiger partial charge on any atom is 0.179 e. The van der Waals surface area contributed by atoms with Crippen LogP contribution >= 0.6 is 15.9 Å². The number of rotatable bonds is 3. The SMILES string of the molecule is COc1ccc(Cn2c3c(c4cc(Br)ccc42)CCCC3=O)cc1. The largest absolute Gasteiger partial charge is 0.497 e. The fourth-order valence-corrected chi connectivity index (χ4v) is 3.95. The number of ether oxygens (including phenoxy) is 1. The van der Waals surface area contributed by atoms with Gasteiger partial charge in [-0.2, -0.15) is 0 Å². The van der Waals surface area contributed by atoms with Crippen molar-refractivity contribution in [3.8, 4) is 5.75 Å². The van der Waals surface area contributed by atoms with Crippen LogP contribution in [-0.2, 0) is 13.0 Å². The van der Waals surface area contributed by atoms with Crippen LogP contribution in [-0.4, -0.2) is 17.5 Å². The highest BCUT2D eigenvalue weighted by Crippen LogP contribution is 2.34. The summed E-state index contributed by atoms with van der Waals surface area (Å²) in [5.74, 6) is 1.11. The highest BCUT2D eigenvalue weighted by Gasteiger charge is 2.25. The smallest absolute Gasteiger partial charge is 0.179 e. The van der Waals surface area contributed by atoms with Crippen molar-refractivity contribution in [2.45, 2.75) is 25.8 Å². The number of methoxy groups -OCH3 is 1. The van der Waals surface area contributed by atoms with E-state index >= 15 is 0 Å². The summed E-state index contributed by atoms with van der Waals surface area (Å²) in [4.78, 5) is 12.6. The molecular weight excluding hydrogens is 366 g/mol. The molecule has 0 aliphatic heterocycles. The van der Waals surface area contributed by atoms with Gasteiger partial charge in [0, 0.05) is 28.3 Å². The van der Waals surface area contributed by atoms with Crippen LogP contribution in [0, 0.1) is 0 Å². The van der Waals surface area contributed by atoms with Crippen molar-refractivity contribution < 1.29 is 9.53 Å². The van der Waals surface area contributed by atoms with Crippen LogP contribution in [0.1, 0.15) is 34.5 Å². The number of nitrogens with zero attached hydrogens (tertiary/aromatic N) is 1. The molecule has 2 aromatic carbocycles. The lowest BCUT2D eigenvalue weighted by molar-refractivity contribution is 0.0964. The summed E-state index contributed by atoms with van der Waals surface area (Å²) >= 11 is 3.56. The fourth-order valence-electron chi connectivity index (χ4n) is 3.59. The second kappa shape index (κ2) is 6.10. The van der Waals surface area contributed by atoms with E-state index in [1.54, 1.807) is 7.11 Å². The van der Waals surface area contributed by atoms with Gasteiger partial charge in [0.05, 0.1) is 12.8 Å². The van der Waals surface area contributed by atoms with E-state index in [1.165, 1.54) is 10.9 Å². The molecule has 3 nitrogen and oxygen atoms in total. The normalized spacial score (nSPS) is 14.0. The van der Waals surface area contributed by atoms with Gasteiger partial charge in [-0.25, -0.2) is 0 Å². The van der Waals surface area contributed by atoms with Gasteiger partial charge >= 0.3 is 0 Å². The predicted octanol–water partition coefficient (Wildman–Crippen LogP) is 4.98. The van der Waals surface area contributed by atoms with Gasteiger partial charge in [-0.05, 0) is 54.3 Å². The van der Waals surface area contributed by atoms with E-state index < -0.39 is 0 Å². The molecule has 122 valence electrons. The summed E-state index contributed by atoms with van der Waals surface area (Å²) in [6.45, 7) is 0.698. The van der Waals surface area contributed by atoms with Gasteiger partial charge in [-0.3, -0.25) is 4.79 Å². The number of carbonyl (C=O) groups is 1. The molecule has 1 aromatic heterocycles. The molecule has 0 unspecified atom stereocenters. The van der Waals surface area contributed by atoms with E-state index in [0.717, 1.165) is 39.8 Å². The topological polar surface area (TPSA) is 31.2 Å². The van der Waals surface area contributed by atoms with E-state index in [-0.39, 0.29) is 5.78 Å². The molecule has 4 heteroatoms. The Labute approximate surface area is 149 Å². The standard InChI is InChI=1S/C20H18BrNO2/c1-24-15-8-5-13(6-9-15)12-22-18-10-7-14(21)11-17(18)16-3-2-4-19(23)20(16)22/h5-11H,2-4,12H2,1H3. The van der Waals surface area contributed by atoms with Crippen molar-refractivity contribution in [2.24, 2.45) is 0 Å².